The first kappa shape index (κ1) is 32.4. The minimum absolute atomic E-state index is 0.0885. The van der Waals surface area contributed by atoms with Gasteiger partial charge in [0.05, 0.1) is 23.0 Å². The quantitative estimate of drug-likeness (QED) is 0.231. The fourth-order valence-corrected chi connectivity index (χ4v) is 11.3. The van der Waals surface area contributed by atoms with Gasteiger partial charge in [0.15, 0.2) is 0 Å². The molecular formula is C35H54O9. The number of carboxylic acids is 1. The molecule has 6 rings (SSSR count). The predicted octanol–water partition coefficient (Wildman–Crippen LogP) is 4.19. The molecule has 0 amide bonds. The van der Waals surface area contributed by atoms with E-state index < -0.39 is 58.9 Å². The van der Waals surface area contributed by atoms with Crippen molar-refractivity contribution in [1.29, 1.82) is 0 Å². The molecule has 0 spiro atoms. The maximum atomic E-state index is 15.0. The third kappa shape index (κ3) is 4.35. The second-order valence-corrected chi connectivity index (χ2v) is 17.0. The fraction of sp³-hybridized carbons (Fsp3) is 0.886. The van der Waals surface area contributed by atoms with Crippen molar-refractivity contribution in [1.82, 2.24) is 0 Å². The van der Waals surface area contributed by atoms with Crippen LogP contribution in [0.2, 0.25) is 0 Å². The number of carbonyl (C=O) groups excluding carboxylic acids is 1. The number of rotatable bonds is 3. The Hall–Kier alpha value is -1.52. The molecule has 13 unspecified atom stereocenters. The van der Waals surface area contributed by atoms with Gasteiger partial charge in [-0.2, -0.15) is 0 Å². The first-order valence-corrected chi connectivity index (χ1v) is 17.0. The van der Waals surface area contributed by atoms with Crippen molar-refractivity contribution in [2.75, 3.05) is 0 Å². The second kappa shape index (κ2) is 10.5. The van der Waals surface area contributed by atoms with Gasteiger partial charge in [0.25, 0.3) is 0 Å². The number of aliphatic hydroxyl groups is 4. The highest BCUT2D eigenvalue weighted by atomic mass is 16.7. The zero-order valence-corrected chi connectivity index (χ0v) is 27.3. The van der Waals surface area contributed by atoms with Gasteiger partial charge in [-0.05, 0) is 111 Å². The standard InChI is InChI=1S/C35H54O9/c1-18-25(37)26(38)27(39)28(43-18)44-30(42)35-16-15-34(29(40)41)14-13-31(2,3)17-23(34)22(35)9-8-21-19-7-10-24(36)32(4,5)20(19)11-12-33(21,35)6/h9,18-21,23-28,36-39H,7-8,10-17H2,1-6H3,(H,40,41). The van der Waals surface area contributed by atoms with E-state index in [1.807, 2.05) is 0 Å². The third-order valence-electron chi connectivity index (χ3n) is 14.3. The van der Waals surface area contributed by atoms with E-state index in [0.717, 1.165) is 37.7 Å². The van der Waals surface area contributed by atoms with E-state index in [1.54, 1.807) is 6.92 Å². The van der Waals surface area contributed by atoms with Crippen molar-refractivity contribution in [2.24, 2.45) is 50.7 Å². The average molecular weight is 619 g/mol. The van der Waals surface area contributed by atoms with Crippen molar-refractivity contribution in [2.45, 2.75) is 143 Å². The number of fused-ring (bicyclic) bond motifs is 7. The lowest BCUT2D eigenvalue weighted by Crippen LogP contribution is -2.66. The van der Waals surface area contributed by atoms with Gasteiger partial charge in [-0.1, -0.05) is 46.3 Å². The molecule has 6 aliphatic rings. The van der Waals surface area contributed by atoms with Crippen molar-refractivity contribution in [3.8, 4) is 0 Å². The first-order valence-electron chi connectivity index (χ1n) is 17.0. The molecule has 5 fully saturated rings. The van der Waals surface area contributed by atoms with Crippen LogP contribution >= 0.6 is 0 Å². The predicted molar refractivity (Wildman–Crippen MR) is 161 cm³/mol. The Bertz CT molecular complexity index is 1210. The molecule has 0 aromatic heterocycles. The average Bonchev–Trinajstić information content (AvgIpc) is 2.95. The summed E-state index contributed by atoms with van der Waals surface area (Å²) in [6.45, 7) is 12.5. The number of carboxylic acid groups (broad SMARTS) is 1. The van der Waals surface area contributed by atoms with E-state index in [2.05, 4.69) is 40.7 Å². The van der Waals surface area contributed by atoms with Gasteiger partial charge in [0.1, 0.15) is 18.3 Å². The second-order valence-electron chi connectivity index (χ2n) is 17.0. The van der Waals surface area contributed by atoms with E-state index >= 15 is 0 Å². The molecule has 5 aliphatic carbocycles. The summed E-state index contributed by atoms with van der Waals surface area (Å²) in [5, 5.41) is 53.4. The highest BCUT2D eigenvalue weighted by Gasteiger charge is 2.71. The van der Waals surface area contributed by atoms with Gasteiger partial charge in [0, 0.05) is 0 Å². The Morgan fingerprint density at radius 1 is 0.864 bits per heavy atom. The van der Waals surface area contributed by atoms with Crippen LogP contribution in [-0.2, 0) is 19.1 Å². The number of aliphatic hydroxyl groups excluding tert-OH is 4. The Morgan fingerprint density at radius 2 is 1.55 bits per heavy atom. The Kier molecular flexibility index (Phi) is 7.73. The summed E-state index contributed by atoms with van der Waals surface area (Å²) in [6, 6.07) is 0. The molecule has 13 atom stereocenters. The van der Waals surface area contributed by atoms with E-state index in [1.165, 1.54) is 0 Å². The van der Waals surface area contributed by atoms with Crippen LogP contribution in [0.3, 0.4) is 0 Å². The van der Waals surface area contributed by atoms with E-state index in [4.69, 9.17) is 9.47 Å². The molecule has 248 valence electrons. The zero-order chi connectivity index (χ0) is 32.2. The number of aliphatic carboxylic acids is 1. The molecule has 1 saturated heterocycles. The van der Waals surface area contributed by atoms with Gasteiger partial charge in [-0.25, -0.2) is 0 Å². The maximum Gasteiger partial charge on any atom is 0.319 e. The molecule has 1 heterocycles. The number of hydrogen-bond donors (Lipinski definition) is 5. The van der Waals surface area contributed by atoms with Crippen LogP contribution in [0.15, 0.2) is 11.6 Å². The Labute approximate surface area is 261 Å². The molecule has 1 aliphatic heterocycles. The lowest BCUT2D eigenvalue weighted by atomic mass is 9.36. The lowest BCUT2D eigenvalue weighted by Gasteiger charge is -2.67. The summed E-state index contributed by atoms with van der Waals surface area (Å²) in [7, 11) is 0. The molecule has 0 bridgehead atoms. The fourth-order valence-electron chi connectivity index (χ4n) is 11.3. The number of ether oxygens (including phenoxy) is 2. The monoisotopic (exact) mass is 618 g/mol. The van der Waals surface area contributed by atoms with Gasteiger partial charge in [0.2, 0.25) is 6.29 Å². The summed E-state index contributed by atoms with van der Waals surface area (Å²) < 4.78 is 11.9. The molecule has 44 heavy (non-hydrogen) atoms. The maximum absolute atomic E-state index is 15.0. The highest BCUT2D eigenvalue weighted by Crippen LogP contribution is 2.73. The summed E-state index contributed by atoms with van der Waals surface area (Å²) >= 11 is 0. The molecule has 0 aromatic carbocycles. The summed E-state index contributed by atoms with van der Waals surface area (Å²) in [4.78, 5) is 28.1. The Balaban J connectivity index is 1.46. The van der Waals surface area contributed by atoms with Crippen molar-refractivity contribution >= 4 is 11.9 Å². The summed E-state index contributed by atoms with van der Waals surface area (Å²) in [5.41, 5.74) is -2.05. The number of carbonyl (C=O) groups is 2. The lowest BCUT2D eigenvalue weighted by molar-refractivity contribution is -0.291. The van der Waals surface area contributed by atoms with E-state index in [0.29, 0.717) is 43.9 Å². The van der Waals surface area contributed by atoms with Crippen LogP contribution in [-0.4, -0.2) is 74.3 Å². The topological polar surface area (TPSA) is 154 Å². The third-order valence-corrected chi connectivity index (χ3v) is 14.3. The van der Waals surface area contributed by atoms with Crippen LogP contribution < -0.4 is 0 Å². The van der Waals surface area contributed by atoms with Crippen LogP contribution in [0.1, 0.15) is 106 Å². The molecule has 0 aromatic rings. The van der Waals surface area contributed by atoms with Crippen LogP contribution in [0.5, 0.6) is 0 Å². The molecule has 9 heteroatoms. The molecule has 4 saturated carbocycles. The van der Waals surface area contributed by atoms with Gasteiger partial charge in [-0.3, -0.25) is 9.59 Å². The summed E-state index contributed by atoms with van der Waals surface area (Å²) in [6.07, 6.45) is 1.72. The van der Waals surface area contributed by atoms with Gasteiger partial charge >= 0.3 is 11.9 Å². The zero-order valence-electron chi connectivity index (χ0n) is 27.3. The van der Waals surface area contributed by atoms with E-state index in [9.17, 15) is 35.1 Å². The molecule has 0 radical (unpaired) electrons. The number of esters is 1. The van der Waals surface area contributed by atoms with Crippen molar-refractivity contribution in [3.05, 3.63) is 11.6 Å². The van der Waals surface area contributed by atoms with Crippen molar-refractivity contribution in [3.63, 3.8) is 0 Å². The minimum Gasteiger partial charge on any atom is -0.481 e. The van der Waals surface area contributed by atoms with Gasteiger partial charge < -0.3 is 35.0 Å². The Morgan fingerprint density at radius 3 is 2.23 bits per heavy atom. The number of allylic oxidation sites excluding steroid dienone is 1. The smallest absolute Gasteiger partial charge is 0.319 e. The SMILES string of the molecule is CC1OC(OC(=O)C23CCC4(C(=O)O)CCC(C)(C)CC4C2=CCC2C4CCC(O)C(C)(C)C4CCC23C)C(O)C(O)C1O. The summed E-state index contributed by atoms with van der Waals surface area (Å²) in [5.74, 6) is -0.889. The van der Waals surface area contributed by atoms with E-state index in [-0.39, 0.29) is 28.8 Å². The first-order chi connectivity index (χ1) is 20.4. The van der Waals surface area contributed by atoms with Crippen LogP contribution in [0, 0.1) is 50.7 Å². The molecular weight excluding hydrogens is 564 g/mol. The minimum atomic E-state index is -1.62. The normalized spacial score (nSPS) is 51.0. The number of hydrogen-bond acceptors (Lipinski definition) is 8. The largest absolute Gasteiger partial charge is 0.481 e. The molecule has 9 nitrogen and oxygen atoms in total. The van der Waals surface area contributed by atoms with Gasteiger partial charge in [-0.15, -0.1) is 0 Å². The highest BCUT2D eigenvalue weighted by molar-refractivity contribution is 5.85. The van der Waals surface area contributed by atoms with Crippen molar-refractivity contribution < 1.29 is 44.6 Å². The molecule has 5 N–H and O–H groups in total. The van der Waals surface area contributed by atoms with Crippen LogP contribution in [0.4, 0.5) is 0 Å². The van der Waals surface area contributed by atoms with Crippen LogP contribution in [0.25, 0.3) is 0 Å².